The van der Waals surface area contributed by atoms with Crippen LogP contribution in [0.2, 0.25) is 5.02 Å². The second-order valence-electron chi connectivity index (χ2n) is 8.94. The van der Waals surface area contributed by atoms with Crippen LogP contribution >= 0.6 is 11.6 Å². The third-order valence-electron chi connectivity index (χ3n) is 6.61. The summed E-state index contributed by atoms with van der Waals surface area (Å²) < 4.78 is 7.60. The Labute approximate surface area is 210 Å². The summed E-state index contributed by atoms with van der Waals surface area (Å²) in [7, 11) is 1.60. The summed E-state index contributed by atoms with van der Waals surface area (Å²) in [6, 6.07) is 23.1. The van der Waals surface area contributed by atoms with Crippen molar-refractivity contribution >= 4 is 17.5 Å². The van der Waals surface area contributed by atoms with Crippen molar-refractivity contribution in [1.29, 1.82) is 0 Å². The van der Waals surface area contributed by atoms with Crippen LogP contribution in [0.1, 0.15) is 46.7 Å². The predicted octanol–water partition coefficient (Wildman–Crippen LogP) is 6.56. The fourth-order valence-electron chi connectivity index (χ4n) is 4.67. The summed E-state index contributed by atoms with van der Waals surface area (Å²) in [6.45, 7) is 3.51. The Balaban J connectivity index is 1.48. The number of methoxy groups -OCH3 is 1. The normalized spacial score (nSPS) is 13.3. The molecule has 1 aromatic heterocycles. The average Bonchev–Trinajstić information content (AvgIpc) is 3.50. The lowest BCUT2D eigenvalue weighted by Gasteiger charge is -2.30. The summed E-state index contributed by atoms with van der Waals surface area (Å²) in [5.41, 5.74) is 4.65. The van der Waals surface area contributed by atoms with E-state index in [4.69, 9.17) is 21.3 Å². The minimum Gasteiger partial charge on any atom is -0.497 e. The van der Waals surface area contributed by atoms with E-state index >= 15 is 0 Å². The predicted molar refractivity (Wildman–Crippen MR) is 139 cm³/mol. The molecule has 0 aliphatic carbocycles. The molecule has 1 amide bonds. The van der Waals surface area contributed by atoms with Crippen molar-refractivity contribution < 1.29 is 9.53 Å². The van der Waals surface area contributed by atoms with E-state index < -0.39 is 0 Å². The van der Waals surface area contributed by atoms with Gasteiger partial charge < -0.3 is 14.2 Å². The van der Waals surface area contributed by atoms with Gasteiger partial charge in [-0.05, 0) is 60.9 Å². The van der Waals surface area contributed by atoms with Gasteiger partial charge in [-0.2, -0.15) is 0 Å². The summed E-state index contributed by atoms with van der Waals surface area (Å²) in [5, 5.41) is 0.651. The number of amides is 1. The third kappa shape index (κ3) is 4.96. The summed E-state index contributed by atoms with van der Waals surface area (Å²) in [5.74, 6) is 1.73. The topological polar surface area (TPSA) is 47.4 Å². The van der Waals surface area contributed by atoms with E-state index in [1.165, 1.54) is 0 Å². The van der Waals surface area contributed by atoms with Crippen LogP contribution in [0.25, 0.3) is 11.3 Å². The van der Waals surface area contributed by atoms with Crippen LogP contribution in [-0.4, -0.2) is 27.5 Å². The molecular formula is C29H28ClN3O2. The molecule has 1 aliphatic rings. The number of carbonyl (C=O) groups excluding carboxylic acids is 1. The lowest BCUT2D eigenvalue weighted by Crippen LogP contribution is -2.33. The van der Waals surface area contributed by atoms with E-state index in [1.807, 2.05) is 60.4 Å². The summed E-state index contributed by atoms with van der Waals surface area (Å²) in [4.78, 5) is 20.5. The second kappa shape index (κ2) is 9.96. The first-order valence-corrected chi connectivity index (χ1v) is 12.3. The van der Waals surface area contributed by atoms with Crippen molar-refractivity contribution in [2.45, 2.75) is 38.9 Å². The molecular weight excluding hydrogens is 458 g/mol. The first kappa shape index (κ1) is 23.2. The zero-order valence-electron chi connectivity index (χ0n) is 19.9. The van der Waals surface area contributed by atoms with Gasteiger partial charge in [-0.3, -0.25) is 4.79 Å². The Morgan fingerprint density at radius 1 is 1.11 bits per heavy atom. The number of imidazole rings is 1. The van der Waals surface area contributed by atoms with Gasteiger partial charge in [0.2, 0.25) is 0 Å². The minimum absolute atomic E-state index is 0.0669. The summed E-state index contributed by atoms with van der Waals surface area (Å²) >= 11 is 6.28. The van der Waals surface area contributed by atoms with Crippen LogP contribution in [0, 0.1) is 0 Å². The van der Waals surface area contributed by atoms with Crippen LogP contribution in [0.5, 0.6) is 5.75 Å². The number of fused-ring (bicyclic) bond motifs is 1. The quantitative estimate of drug-likeness (QED) is 0.297. The maximum atomic E-state index is 13.8. The molecule has 2 heterocycles. The molecule has 178 valence electrons. The van der Waals surface area contributed by atoms with Crippen molar-refractivity contribution in [3.8, 4) is 17.0 Å². The first-order chi connectivity index (χ1) is 17.0. The third-order valence-corrected chi connectivity index (χ3v) is 6.85. The number of halogens is 1. The molecule has 6 heteroatoms. The van der Waals surface area contributed by atoms with Crippen molar-refractivity contribution in [2.75, 3.05) is 7.11 Å². The average molecular weight is 486 g/mol. The van der Waals surface area contributed by atoms with Gasteiger partial charge in [0, 0.05) is 41.9 Å². The second-order valence-corrected chi connectivity index (χ2v) is 9.37. The zero-order valence-corrected chi connectivity index (χ0v) is 20.7. The van der Waals surface area contributed by atoms with Crippen LogP contribution in [0.15, 0.2) is 79.0 Å². The van der Waals surface area contributed by atoms with Crippen molar-refractivity contribution in [2.24, 2.45) is 0 Å². The Bertz CT molecular complexity index is 1340. The number of carbonyl (C=O) groups is 1. The van der Waals surface area contributed by atoms with Crippen LogP contribution in [0.3, 0.4) is 0 Å². The highest BCUT2D eigenvalue weighted by molar-refractivity contribution is 6.30. The Morgan fingerprint density at radius 2 is 1.94 bits per heavy atom. The Morgan fingerprint density at radius 3 is 2.74 bits per heavy atom. The SMILES string of the molecule is COc1cccc(C(=O)N(Cc2cccc(-c3cn4c(n3)CCC4)c2)C(C)c2cccc(Cl)c2)c1. The molecule has 1 aliphatic heterocycles. The van der Waals surface area contributed by atoms with Gasteiger partial charge in [-0.25, -0.2) is 4.98 Å². The largest absolute Gasteiger partial charge is 0.497 e. The monoisotopic (exact) mass is 485 g/mol. The van der Waals surface area contributed by atoms with Crippen molar-refractivity contribution in [1.82, 2.24) is 14.5 Å². The lowest BCUT2D eigenvalue weighted by molar-refractivity contribution is 0.0673. The van der Waals surface area contributed by atoms with Crippen LogP contribution in [-0.2, 0) is 19.5 Å². The maximum Gasteiger partial charge on any atom is 0.254 e. The van der Waals surface area contributed by atoms with Gasteiger partial charge in [0.25, 0.3) is 5.91 Å². The molecule has 0 fully saturated rings. The molecule has 1 unspecified atom stereocenters. The number of aromatic nitrogens is 2. The van der Waals surface area contributed by atoms with Crippen molar-refractivity contribution in [3.05, 3.63) is 107 Å². The van der Waals surface area contributed by atoms with E-state index in [1.54, 1.807) is 13.2 Å². The molecule has 4 aromatic rings. The minimum atomic E-state index is -0.188. The van der Waals surface area contributed by atoms with Gasteiger partial charge in [-0.1, -0.05) is 48.0 Å². The van der Waals surface area contributed by atoms with Gasteiger partial charge >= 0.3 is 0 Å². The van der Waals surface area contributed by atoms with Gasteiger partial charge in [-0.15, -0.1) is 0 Å². The first-order valence-electron chi connectivity index (χ1n) is 11.9. The standard InChI is InChI=1S/C29H28ClN3O2/c1-20(22-8-4-11-25(30)16-22)33(29(34)24-10-5-12-26(17-24)35-2)18-21-7-3-9-23(15-21)27-19-32-14-6-13-28(32)31-27/h3-5,7-12,15-17,19-20H,6,13-14,18H2,1-2H3. The van der Waals surface area contributed by atoms with Crippen LogP contribution < -0.4 is 4.74 Å². The van der Waals surface area contributed by atoms with Crippen molar-refractivity contribution in [3.63, 3.8) is 0 Å². The van der Waals surface area contributed by atoms with Crippen LogP contribution in [0.4, 0.5) is 0 Å². The van der Waals surface area contributed by atoms with E-state index in [0.29, 0.717) is 22.9 Å². The molecule has 0 spiro atoms. The molecule has 5 nitrogen and oxygen atoms in total. The molecule has 1 atom stereocenters. The number of rotatable bonds is 7. The highest BCUT2D eigenvalue weighted by atomic mass is 35.5. The molecule has 35 heavy (non-hydrogen) atoms. The number of aryl methyl sites for hydroxylation is 2. The highest BCUT2D eigenvalue weighted by Gasteiger charge is 2.24. The Kier molecular flexibility index (Phi) is 6.60. The van der Waals surface area contributed by atoms with Gasteiger partial charge in [0.1, 0.15) is 11.6 Å². The van der Waals surface area contributed by atoms with Gasteiger partial charge in [0.15, 0.2) is 0 Å². The fraction of sp³-hybridized carbons (Fsp3) is 0.241. The highest BCUT2D eigenvalue weighted by Crippen LogP contribution is 2.29. The smallest absolute Gasteiger partial charge is 0.254 e. The number of hydrogen-bond acceptors (Lipinski definition) is 3. The molecule has 0 N–H and O–H groups in total. The lowest BCUT2D eigenvalue weighted by atomic mass is 10.0. The molecule has 3 aromatic carbocycles. The Hall–Kier alpha value is -3.57. The number of hydrogen-bond donors (Lipinski definition) is 0. The molecule has 0 saturated heterocycles. The fourth-order valence-corrected chi connectivity index (χ4v) is 4.87. The van der Waals surface area contributed by atoms with E-state index in [9.17, 15) is 4.79 Å². The molecule has 5 rings (SSSR count). The molecule has 0 bridgehead atoms. The van der Waals surface area contributed by atoms with E-state index in [0.717, 1.165) is 47.6 Å². The molecule has 0 saturated carbocycles. The van der Waals surface area contributed by atoms with E-state index in [-0.39, 0.29) is 11.9 Å². The maximum absolute atomic E-state index is 13.8. The number of benzene rings is 3. The number of nitrogens with zero attached hydrogens (tertiary/aromatic N) is 3. The molecule has 0 radical (unpaired) electrons. The van der Waals surface area contributed by atoms with Gasteiger partial charge in [0.05, 0.1) is 18.8 Å². The van der Waals surface area contributed by atoms with E-state index in [2.05, 4.69) is 29.0 Å². The zero-order chi connectivity index (χ0) is 24.4. The summed E-state index contributed by atoms with van der Waals surface area (Å²) in [6.07, 6.45) is 4.32. The number of ether oxygens (including phenoxy) is 1.